The van der Waals surface area contributed by atoms with Gasteiger partial charge in [0.1, 0.15) is 5.82 Å². The van der Waals surface area contributed by atoms with Crippen LogP contribution in [-0.2, 0) is 4.79 Å². The smallest absolute Gasteiger partial charge is 0.244 e. The van der Waals surface area contributed by atoms with Crippen LogP contribution in [0.25, 0.3) is 6.08 Å². The highest BCUT2D eigenvalue weighted by Gasteiger charge is 2.21. The summed E-state index contributed by atoms with van der Waals surface area (Å²) in [7, 11) is 0. The van der Waals surface area contributed by atoms with Crippen molar-refractivity contribution in [3.05, 3.63) is 59.4 Å². The van der Waals surface area contributed by atoms with Crippen LogP contribution in [0.1, 0.15) is 31.0 Å². The zero-order chi connectivity index (χ0) is 21.8. The van der Waals surface area contributed by atoms with E-state index in [1.165, 1.54) is 18.2 Å². The van der Waals surface area contributed by atoms with Crippen LogP contribution in [0, 0.1) is 5.82 Å². The number of carbonyl (C=O) groups excluding carboxylic acids is 1. The number of likely N-dealkylation sites (N-methyl/N-ethyl adjacent to an activating group) is 1. The maximum atomic E-state index is 14.0. The lowest BCUT2D eigenvalue weighted by molar-refractivity contribution is -0.117. The van der Waals surface area contributed by atoms with Gasteiger partial charge in [0, 0.05) is 43.5 Å². The maximum absolute atomic E-state index is 14.0. The van der Waals surface area contributed by atoms with Gasteiger partial charge in [0.15, 0.2) is 11.5 Å². The Labute approximate surface area is 182 Å². The molecular weight excluding hydrogens is 397 g/mol. The molecule has 4 rings (SSSR count). The first-order valence-corrected chi connectivity index (χ1v) is 10.7. The summed E-state index contributed by atoms with van der Waals surface area (Å²) < 4.78 is 24.7. The zero-order valence-corrected chi connectivity index (χ0v) is 17.9. The van der Waals surface area contributed by atoms with Gasteiger partial charge >= 0.3 is 0 Å². The summed E-state index contributed by atoms with van der Waals surface area (Å²) in [6.45, 7) is 9.02. The number of benzene rings is 2. The normalized spacial score (nSPS) is 17.2. The second-order valence-corrected chi connectivity index (χ2v) is 7.80. The number of nitrogens with one attached hydrogen (secondary N) is 1. The molecule has 0 bridgehead atoms. The van der Waals surface area contributed by atoms with Gasteiger partial charge in [0.25, 0.3) is 0 Å². The Morgan fingerprint density at radius 1 is 1.13 bits per heavy atom. The molecule has 0 aromatic heterocycles. The quantitative estimate of drug-likeness (QED) is 0.717. The van der Waals surface area contributed by atoms with E-state index < -0.39 is 0 Å². The van der Waals surface area contributed by atoms with Gasteiger partial charge in [-0.15, -0.1) is 0 Å². The molecule has 2 aliphatic heterocycles. The number of piperazine rings is 1. The van der Waals surface area contributed by atoms with Crippen molar-refractivity contribution < 1.29 is 18.7 Å². The van der Waals surface area contributed by atoms with Gasteiger partial charge in [-0.3, -0.25) is 4.79 Å². The molecule has 1 atom stereocenters. The van der Waals surface area contributed by atoms with E-state index in [9.17, 15) is 9.18 Å². The Bertz CT molecular complexity index is 971. The third-order valence-corrected chi connectivity index (χ3v) is 5.80. The van der Waals surface area contributed by atoms with Crippen molar-refractivity contribution in [3.63, 3.8) is 0 Å². The monoisotopic (exact) mass is 425 g/mol. The third-order valence-electron chi connectivity index (χ3n) is 5.80. The maximum Gasteiger partial charge on any atom is 0.244 e. The van der Waals surface area contributed by atoms with E-state index in [2.05, 4.69) is 22.0 Å². The minimum atomic E-state index is -0.330. The summed E-state index contributed by atoms with van der Waals surface area (Å²) in [6.07, 6.45) is 3.20. The summed E-state index contributed by atoms with van der Waals surface area (Å²) in [5.74, 6) is 0.830. The van der Waals surface area contributed by atoms with Gasteiger partial charge in [-0.1, -0.05) is 13.0 Å². The number of carbonyl (C=O) groups is 1. The van der Waals surface area contributed by atoms with Crippen molar-refractivity contribution >= 4 is 17.7 Å². The van der Waals surface area contributed by atoms with Crippen molar-refractivity contribution in [2.45, 2.75) is 19.9 Å². The SMILES string of the molecule is CCN1CCN(c2ccc(F)cc2[C@@H](C)NC(=O)/C=C/c2ccc3c(c2)OCO3)CC1. The molecule has 0 radical (unpaired) electrons. The summed E-state index contributed by atoms with van der Waals surface area (Å²) in [5.41, 5.74) is 2.60. The Balaban J connectivity index is 1.43. The highest BCUT2D eigenvalue weighted by molar-refractivity contribution is 5.92. The molecule has 6 nitrogen and oxygen atoms in total. The Kier molecular flexibility index (Phi) is 6.42. The number of halogens is 1. The van der Waals surface area contributed by atoms with Crippen LogP contribution in [0.2, 0.25) is 0 Å². The lowest BCUT2D eigenvalue weighted by atomic mass is 10.0. The van der Waals surface area contributed by atoms with Crippen LogP contribution < -0.4 is 19.7 Å². The average molecular weight is 426 g/mol. The standard InChI is InChI=1S/C24H28FN3O3/c1-3-27-10-12-28(13-11-27)21-7-6-19(25)15-20(21)17(2)26-24(29)9-5-18-4-8-22-23(14-18)31-16-30-22/h4-9,14-15,17H,3,10-13,16H2,1-2H3,(H,26,29)/b9-5+/t17-/m1/s1. The second kappa shape index (κ2) is 9.39. The number of hydrogen-bond donors (Lipinski definition) is 1. The Hall–Kier alpha value is -3.06. The van der Waals surface area contributed by atoms with E-state index in [1.54, 1.807) is 6.08 Å². The highest BCUT2D eigenvalue weighted by atomic mass is 19.1. The van der Waals surface area contributed by atoms with Crippen molar-refractivity contribution in [1.82, 2.24) is 10.2 Å². The molecule has 1 amide bonds. The molecule has 7 heteroatoms. The average Bonchev–Trinajstić information content (AvgIpc) is 3.25. The number of nitrogens with zero attached hydrogens (tertiary/aromatic N) is 2. The number of fused-ring (bicyclic) bond motifs is 1. The molecule has 1 saturated heterocycles. The Morgan fingerprint density at radius 3 is 2.68 bits per heavy atom. The van der Waals surface area contributed by atoms with Gasteiger partial charge in [-0.25, -0.2) is 4.39 Å². The van der Waals surface area contributed by atoms with Crippen molar-refractivity contribution in [3.8, 4) is 11.5 Å². The summed E-state index contributed by atoms with van der Waals surface area (Å²) in [6, 6.07) is 10.0. The molecule has 0 saturated carbocycles. The van der Waals surface area contributed by atoms with E-state index in [-0.39, 0.29) is 24.6 Å². The largest absolute Gasteiger partial charge is 0.454 e. The second-order valence-electron chi connectivity index (χ2n) is 7.80. The van der Waals surface area contributed by atoms with Gasteiger partial charge < -0.3 is 24.6 Å². The van der Waals surface area contributed by atoms with E-state index >= 15 is 0 Å². The molecule has 2 aromatic rings. The van der Waals surface area contributed by atoms with E-state index in [4.69, 9.17) is 9.47 Å². The van der Waals surface area contributed by atoms with Crippen LogP contribution in [-0.4, -0.2) is 50.3 Å². The zero-order valence-electron chi connectivity index (χ0n) is 17.9. The van der Waals surface area contributed by atoms with E-state index in [0.717, 1.165) is 49.5 Å². The van der Waals surface area contributed by atoms with Gasteiger partial charge in [0.2, 0.25) is 12.7 Å². The third kappa shape index (κ3) is 4.99. The minimum absolute atomic E-state index is 0.212. The molecule has 2 heterocycles. The molecule has 1 fully saturated rings. The van der Waals surface area contributed by atoms with E-state index in [0.29, 0.717) is 11.5 Å². The number of ether oxygens (including phenoxy) is 2. The molecule has 0 unspecified atom stereocenters. The van der Waals surface area contributed by atoms with Crippen LogP contribution in [0.4, 0.5) is 10.1 Å². The number of amides is 1. The van der Waals surface area contributed by atoms with E-state index in [1.807, 2.05) is 31.2 Å². The van der Waals surface area contributed by atoms with Gasteiger partial charge in [-0.2, -0.15) is 0 Å². The minimum Gasteiger partial charge on any atom is -0.454 e. The van der Waals surface area contributed by atoms with Crippen molar-refractivity contribution in [2.75, 3.05) is 44.4 Å². The molecule has 1 N–H and O–H groups in total. The molecule has 0 spiro atoms. The first-order chi connectivity index (χ1) is 15.0. The highest BCUT2D eigenvalue weighted by Crippen LogP contribution is 2.33. The first-order valence-electron chi connectivity index (χ1n) is 10.7. The fraction of sp³-hybridized carbons (Fsp3) is 0.375. The molecular formula is C24H28FN3O3. The molecule has 164 valence electrons. The van der Waals surface area contributed by atoms with Gasteiger partial charge in [-0.05, 0) is 55.4 Å². The molecule has 31 heavy (non-hydrogen) atoms. The van der Waals surface area contributed by atoms with Crippen LogP contribution in [0.3, 0.4) is 0 Å². The number of rotatable bonds is 6. The van der Waals surface area contributed by atoms with Gasteiger partial charge in [0.05, 0.1) is 6.04 Å². The van der Waals surface area contributed by atoms with Crippen LogP contribution in [0.15, 0.2) is 42.5 Å². The molecule has 2 aliphatic rings. The molecule has 2 aromatic carbocycles. The predicted octanol–water partition coefficient (Wildman–Crippen LogP) is 3.59. The predicted molar refractivity (Wildman–Crippen MR) is 119 cm³/mol. The summed E-state index contributed by atoms with van der Waals surface area (Å²) in [4.78, 5) is 17.2. The topological polar surface area (TPSA) is 54.0 Å². The van der Waals surface area contributed by atoms with Crippen LogP contribution >= 0.6 is 0 Å². The fourth-order valence-electron chi connectivity index (χ4n) is 3.99. The number of anilines is 1. The summed E-state index contributed by atoms with van der Waals surface area (Å²) in [5, 5.41) is 2.96. The van der Waals surface area contributed by atoms with Crippen molar-refractivity contribution in [1.29, 1.82) is 0 Å². The fourth-order valence-corrected chi connectivity index (χ4v) is 3.99. The van der Waals surface area contributed by atoms with Crippen LogP contribution in [0.5, 0.6) is 11.5 Å². The lowest BCUT2D eigenvalue weighted by Gasteiger charge is -2.37. The summed E-state index contributed by atoms with van der Waals surface area (Å²) >= 11 is 0. The molecule has 0 aliphatic carbocycles. The Morgan fingerprint density at radius 2 is 1.90 bits per heavy atom. The first kappa shape index (κ1) is 21.2. The van der Waals surface area contributed by atoms with Crippen molar-refractivity contribution in [2.24, 2.45) is 0 Å². The lowest BCUT2D eigenvalue weighted by Crippen LogP contribution is -2.46. The number of hydrogen-bond acceptors (Lipinski definition) is 5.